The zero-order valence-corrected chi connectivity index (χ0v) is 13.8. The van der Waals surface area contributed by atoms with Gasteiger partial charge in [0.1, 0.15) is 0 Å². The van der Waals surface area contributed by atoms with Crippen molar-refractivity contribution in [2.24, 2.45) is 0 Å². The van der Waals surface area contributed by atoms with E-state index in [4.69, 9.17) is 0 Å². The average molecular weight is 327 g/mol. The molecule has 1 aromatic rings. The summed E-state index contributed by atoms with van der Waals surface area (Å²) in [5.74, 6) is 0.113. The number of hydrogen-bond acceptors (Lipinski definition) is 2. The first-order valence-corrected chi connectivity index (χ1v) is 7.45. The highest BCUT2D eigenvalue weighted by Crippen LogP contribution is 2.18. The van der Waals surface area contributed by atoms with Crippen molar-refractivity contribution < 1.29 is 4.79 Å². The molecular formula is C15H23BrN2O. The van der Waals surface area contributed by atoms with Crippen LogP contribution in [0.4, 0.5) is 0 Å². The molecule has 19 heavy (non-hydrogen) atoms. The third-order valence-corrected chi connectivity index (χ3v) is 3.98. The van der Waals surface area contributed by atoms with Crippen molar-refractivity contribution in [3.63, 3.8) is 0 Å². The number of amides is 1. The van der Waals surface area contributed by atoms with E-state index in [1.165, 1.54) is 0 Å². The minimum absolute atomic E-state index is 0.113. The number of nitrogens with zero attached hydrogens (tertiary/aromatic N) is 2. The van der Waals surface area contributed by atoms with Crippen LogP contribution in [0.1, 0.15) is 29.3 Å². The molecule has 0 saturated carbocycles. The molecule has 0 fully saturated rings. The minimum Gasteiger partial charge on any atom is -0.339 e. The Kier molecular flexibility index (Phi) is 6.52. The molecule has 0 aromatic heterocycles. The van der Waals surface area contributed by atoms with Gasteiger partial charge in [-0.1, -0.05) is 22.0 Å². The predicted molar refractivity (Wildman–Crippen MR) is 83.6 cm³/mol. The second-order valence-corrected chi connectivity index (χ2v) is 5.86. The van der Waals surface area contributed by atoms with Gasteiger partial charge in [0.2, 0.25) is 0 Å². The van der Waals surface area contributed by atoms with Gasteiger partial charge in [-0.05, 0) is 58.6 Å². The maximum Gasteiger partial charge on any atom is 0.253 e. The van der Waals surface area contributed by atoms with Crippen LogP contribution in [0.5, 0.6) is 0 Å². The summed E-state index contributed by atoms with van der Waals surface area (Å²) in [6, 6.07) is 5.79. The lowest BCUT2D eigenvalue weighted by atomic mass is 10.1. The Morgan fingerprint density at radius 3 is 2.47 bits per heavy atom. The highest BCUT2D eigenvalue weighted by atomic mass is 79.9. The molecule has 3 nitrogen and oxygen atoms in total. The molecule has 0 spiro atoms. The van der Waals surface area contributed by atoms with E-state index in [-0.39, 0.29) is 5.91 Å². The smallest absolute Gasteiger partial charge is 0.253 e. The molecule has 0 aliphatic heterocycles. The van der Waals surface area contributed by atoms with Crippen LogP contribution in [0.25, 0.3) is 0 Å². The van der Waals surface area contributed by atoms with Crippen molar-refractivity contribution in [1.29, 1.82) is 0 Å². The number of carbonyl (C=O) groups excluding carboxylic acids is 1. The van der Waals surface area contributed by atoms with E-state index in [0.717, 1.165) is 41.7 Å². The molecular weight excluding hydrogens is 304 g/mol. The maximum absolute atomic E-state index is 12.4. The Morgan fingerprint density at radius 1 is 1.26 bits per heavy atom. The maximum atomic E-state index is 12.4. The van der Waals surface area contributed by atoms with Crippen LogP contribution in [-0.2, 0) is 0 Å². The van der Waals surface area contributed by atoms with Gasteiger partial charge in [0, 0.05) is 23.1 Å². The molecule has 106 valence electrons. The van der Waals surface area contributed by atoms with Crippen LogP contribution in [0.15, 0.2) is 22.7 Å². The van der Waals surface area contributed by atoms with Crippen molar-refractivity contribution in [3.05, 3.63) is 33.8 Å². The highest BCUT2D eigenvalue weighted by Gasteiger charge is 2.14. The lowest BCUT2D eigenvalue weighted by Crippen LogP contribution is -2.33. The van der Waals surface area contributed by atoms with Crippen molar-refractivity contribution >= 4 is 21.8 Å². The quantitative estimate of drug-likeness (QED) is 0.801. The van der Waals surface area contributed by atoms with Crippen molar-refractivity contribution in [1.82, 2.24) is 9.80 Å². The summed E-state index contributed by atoms with van der Waals surface area (Å²) in [5, 5.41) is 0. The zero-order chi connectivity index (χ0) is 14.4. The molecule has 0 heterocycles. The molecule has 0 N–H and O–H groups in total. The molecule has 1 rings (SSSR count). The average Bonchev–Trinajstić information content (AvgIpc) is 2.37. The van der Waals surface area contributed by atoms with Crippen LogP contribution in [0.2, 0.25) is 0 Å². The monoisotopic (exact) mass is 326 g/mol. The fourth-order valence-electron chi connectivity index (χ4n) is 1.89. The Balaban J connectivity index is 2.69. The van der Waals surface area contributed by atoms with Crippen LogP contribution in [-0.4, -0.2) is 49.4 Å². The molecule has 0 saturated heterocycles. The normalized spacial score (nSPS) is 10.8. The summed E-state index contributed by atoms with van der Waals surface area (Å²) in [7, 11) is 4.10. The van der Waals surface area contributed by atoms with E-state index in [2.05, 4.69) is 34.9 Å². The molecule has 0 bridgehead atoms. The lowest BCUT2D eigenvalue weighted by molar-refractivity contribution is 0.0759. The van der Waals surface area contributed by atoms with E-state index >= 15 is 0 Å². The number of carbonyl (C=O) groups is 1. The Labute approximate surface area is 124 Å². The molecule has 1 aromatic carbocycles. The third kappa shape index (κ3) is 4.96. The van der Waals surface area contributed by atoms with Gasteiger partial charge in [0.25, 0.3) is 5.91 Å². The molecule has 0 radical (unpaired) electrons. The summed E-state index contributed by atoms with van der Waals surface area (Å²) >= 11 is 3.48. The van der Waals surface area contributed by atoms with Crippen molar-refractivity contribution in [3.8, 4) is 0 Å². The molecule has 0 aliphatic carbocycles. The molecule has 0 aliphatic rings. The second-order valence-electron chi connectivity index (χ2n) is 5.01. The number of rotatable bonds is 6. The standard InChI is InChI=1S/C15H23BrN2O/c1-5-18(10-6-9-17(3)4)15(19)13-8-7-12(2)14(16)11-13/h7-8,11H,5-6,9-10H2,1-4H3. The van der Waals surface area contributed by atoms with Gasteiger partial charge in [-0.2, -0.15) is 0 Å². The second kappa shape index (κ2) is 7.65. The van der Waals surface area contributed by atoms with Crippen LogP contribution in [0.3, 0.4) is 0 Å². The molecule has 1 amide bonds. The van der Waals surface area contributed by atoms with Gasteiger partial charge in [-0.25, -0.2) is 0 Å². The summed E-state index contributed by atoms with van der Waals surface area (Å²) in [5.41, 5.74) is 1.90. The van der Waals surface area contributed by atoms with E-state index in [1.54, 1.807) is 0 Å². The van der Waals surface area contributed by atoms with Gasteiger partial charge in [0.05, 0.1) is 0 Å². The van der Waals surface area contributed by atoms with E-state index in [0.29, 0.717) is 0 Å². The number of benzene rings is 1. The van der Waals surface area contributed by atoms with Crippen LogP contribution < -0.4 is 0 Å². The highest BCUT2D eigenvalue weighted by molar-refractivity contribution is 9.10. The predicted octanol–water partition coefficient (Wildman–Crippen LogP) is 3.17. The van der Waals surface area contributed by atoms with E-state index in [1.807, 2.05) is 36.9 Å². The van der Waals surface area contributed by atoms with Crippen molar-refractivity contribution in [2.75, 3.05) is 33.7 Å². The number of aryl methyl sites for hydroxylation is 1. The zero-order valence-electron chi connectivity index (χ0n) is 12.2. The van der Waals surface area contributed by atoms with E-state index in [9.17, 15) is 4.79 Å². The van der Waals surface area contributed by atoms with Gasteiger partial charge in [-0.15, -0.1) is 0 Å². The summed E-state index contributed by atoms with van der Waals surface area (Å²) in [4.78, 5) is 16.4. The number of hydrogen-bond donors (Lipinski definition) is 0. The largest absolute Gasteiger partial charge is 0.339 e. The topological polar surface area (TPSA) is 23.6 Å². The van der Waals surface area contributed by atoms with Crippen molar-refractivity contribution in [2.45, 2.75) is 20.3 Å². The van der Waals surface area contributed by atoms with Crippen LogP contribution >= 0.6 is 15.9 Å². The molecule has 4 heteroatoms. The Morgan fingerprint density at radius 2 is 1.95 bits per heavy atom. The molecule has 0 atom stereocenters. The molecule has 0 unspecified atom stereocenters. The summed E-state index contributed by atoms with van der Waals surface area (Å²) < 4.78 is 0.989. The van der Waals surface area contributed by atoms with Gasteiger partial charge in [-0.3, -0.25) is 4.79 Å². The minimum atomic E-state index is 0.113. The van der Waals surface area contributed by atoms with Crippen LogP contribution in [0, 0.1) is 6.92 Å². The summed E-state index contributed by atoms with van der Waals surface area (Å²) in [6.07, 6.45) is 1.000. The summed E-state index contributed by atoms with van der Waals surface area (Å²) in [6.45, 7) is 6.60. The number of halogens is 1. The first-order chi connectivity index (χ1) is 8.95. The first kappa shape index (κ1) is 16.2. The SMILES string of the molecule is CCN(CCCN(C)C)C(=O)c1ccc(C)c(Br)c1. The lowest BCUT2D eigenvalue weighted by Gasteiger charge is -2.22. The Hall–Kier alpha value is -0.870. The Bertz CT molecular complexity index is 432. The van der Waals surface area contributed by atoms with Gasteiger partial charge >= 0.3 is 0 Å². The van der Waals surface area contributed by atoms with E-state index < -0.39 is 0 Å². The van der Waals surface area contributed by atoms with Gasteiger partial charge < -0.3 is 9.80 Å². The fourth-order valence-corrected chi connectivity index (χ4v) is 2.27. The van der Waals surface area contributed by atoms with Gasteiger partial charge in [0.15, 0.2) is 0 Å². The third-order valence-electron chi connectivity index (χ3n) is 3.12. The first-order valence-electron chi connectivity index (χ1n) is 6.65. The fraction of sp³-hybridized carbons (Fsp3) is 0.533.